The van der Waals surface area contributed by atoms with E-state index in [1.807, 2.05) is 0 Å². The van der Waals surface area contributed by atoms with Gasteiger partial charge in [-0.15, -0.1) is 0 Å². The van der Waals surface area contributed by atoms with Crippen LogP contribution in [0.3, 0.4) is 0 Å². The van der Waals surface area contributed by atoms with E-state index < -0.39 is 0 Å². The fraction of sp³-hybridized carbons (Fsp3) is 0.812. The number of rotatable bonds is 6. The summed E-state index contributed by atoms with van der Waals surface area (Å²) < 4.78 is 7.87. The molecule has 4 nitrogen and oxygen atoms in total. The molecule has 4 heteroatoms. The van der Waals surface area contributed by atoms with E-state index in [2.05, 4.69) is 50.0 Å². The van der Waals surface area contributed by atoms with Crippen LogP contribution in [0.2, 0.25) is 0 Å². The van der Waals surface area contributed by atoms with Crippen LogP contribution in [0.1, 0.15) is 65.1 Å². The first-order chi connectivity index (χ1) is 9.54. The van der Waals surface area contributed by atoms with Crippen molar-refractivity contribution in [2.75, 3.05) is 6.61 Å². The lowest BCUT2D eigenvalue weighted by Gasteiger charge is -2.35. The minimum Gasteiger partial charge on any atom is -0.375 e. The van der Waals surface area contributed by atoms with E-state index in [-0.39, 0.29) is 5.60 Å². The highest BCUT2D eigenvalue weighted by atomic mass is 16.5. The average molecular weight is 279 g/mol. The van der Waals surface area contributed by atoms with Crippen LogP contribution >= 0.6 is 0 Å². The third kappa shape index (κ3) is 4.06. The Hall–Kier alpha value is -0.870. The molecule has 1 N–H and O–H groups in total. The van der Waals surface area contributed by atoms with Gasteiger partial charge in [-0.1, -0.05) is 13.8 Å². The molecule has 1 saturated heterocycles. The van der Waals surface area contributed by atoms with Gasteiger partial charge in [-0.05, 0) is 45.6 Å². The molecule has 0 aromatic carbocycles. The summed E-state index contributed by atoms with van der Waals surface area (Å²) in [5.41, 5.74) is 1.14. The smallest absolute Gasteiger partial charge is 0.0762 e. The summed E-state index contributed by atoms with van der Waals surface area (Å²) in [5, 5.41) is 8.32. The highest BCUT2D eigenvalue weighted by Crippen LogP contribution is 2.24. The normalized spacial score (nSPS) is 22.4. The van der Waals surface area contributed by atoms with Crippen LogP contribution in [0.15, 0.2) is 12.3 Å². The Morgan fingerprint density at radius 1 is 1.45 bits per heavy atom. The lowest BCUT2D eigenvalue weighted by Crippen LogP contribution is -2.43. The van der Waals surface area contributed by atoms with Crippen molar-refractivity contribution in [1.82, 2.24) is 15.1 Å². The van der Waals surface area contributed by atoms with E-state index in [1.54, 1.807) is 0 Å². The van der Waals surface area contributed by atoms with Gasteiger partial charge in [0.25, 0.3) is 0 Å². The standard InChI is InChI=1S/C16H29N3O/c1-5-15(6-2)19-9-7-14(18-19)12-17-13-8-10-20-16(3,4)11-13/h7,9,13,15,17H,5-6,8,10-12H2,1-4H3. The van der Waals surface area contributed by atoms with Crippen LogP contribution in [0.25, 0.3) is 0 Å². The minimum absolute atomic E-state index is 0.00476. The summed E-state index contributed by atoms with van der Waals surface area (Å²) in [5.74, 6) is 0. The molecule has 1 unspecified atom stereocenters. The predicted molar refractivity (Wildman–Crippen MR) is 81.7 cm³/mol. The molecule has 20 heavy (non-hydrogen) atoms. The maximum Gasteiger partial charge on any atom is 0.0762 e. The third-order valence-corrected chi connectivity index (χ3v) is 4.25. The molecule has 1 aromatic heterocycles. The van der Waals surface area contributed by atoms with Gasteiger partial charge in [0.05, 0.1) is 17.3 Å². The topological polar surface area (TPSA) is 39.1 Å². The Kier molecular flexibility index (Phi) is 5.22. The van der Waals surface area contributed by atoms with Crippen LogP contribution in [0, 0.1) is 0 Å². The molecule has 0 spiro atoms. The van der Waals surface area contributed by atoms with Crippen molar-refractivity contribution >= 4 is 0 Å². The van der Waals surface area contributed by atoms with Crippen molar-refractivity contribution < 1.29 is 4.74 Å². The summed E-state index contributed by atoms with van der Waals surface area (Å²) in [6.07, 6.45) is 6.55. The zero-order chi connectivity index (χ0) is 14.6. The van der Waals surface area contributed by atoms with Crippen LogP contribution < -0.4 is 5.32 Å². The van der Waals surface area contributed by atoms with Crippen molar-refractivity contribution in [3.63, 3.8) is 0 Å². The molecule has 0 saturated carbocycles. The first-order valence-electron chi connectivity index (χ1n) is 7.95. The molecule has 114 valence electrons. The molecular formula is C16H29N3O. The summed E-state index contributed by atoms with van der Waals surface area (Å²) in [7, 11) is 0. The Balaban J connectivity index is 1.85. The van der Waals surface area contributed by atoms with Gasteiger partial charge < -0.3 is 10.1 Å². The molecule has 0 bridgehead atoms. The van der Waals surface area contributed by atoms with Crippen molar-refractivity contribution in [2.45, 2.75) is 77.6 Å². The Morgan fingerprint density at radius 3 is 2.85 bits per heavy atom. The van der Waals surface area contributed by atoms with Gasteiger partial charge in [-0.2, -0.15) is 5.10 Å². The van der Waals surface area contributed by atoms with E-state index in [1.165, 1.54) is 0 Å². The van der Waals surface area contributed by atoms with Crippen LogP contribution in [0.5, 0.6) is 0 Å². The molecule has 1 atom stereocenters. The summed E-state index contributed by atoms with van der Waals surface area (Å²) in [4.78, 5) is 0. The van der Waals surface area contributed by atoms with Gasteiger partial charge >= 0.3 is 0 Å². The van der Waals surface area contributed by atoms with E-state index >= 15 is 0 Å². The zero-order valence-electron chi connectivity index (χ0n) is 13.4. The van der Waals surface area contributed by atoms with Crippen LogP contribution in [-0.2, 0) is 11.3 Å². The lowest BCUT2D eigenvalue weighted by atomic mass is 9.94. The second-order valence-corrected chi connectivity index (χ2v) is 6.44. The number of hydrogen-bond donors (Lipinski definition) is 1. The maximum atomic E-state index is 5.75. The summed E-state index contributed by atoms with van der Waals surface area (Å²) in [6, 6.07) is 3.21. The molecule has 2 heterocycles. The first-order valence-corrected chi connectivity index (χ1v) is 7.95. The molecule has 2 rings (SSSR count). The highest BCUT2D eigenvalue weighted by Gasteiger charge is 2.28. The van der Waals surface area contributed by atoms with E-state index in [4.69, 9.17) is 9.84 Å². The second-order valence-electron chi connectivity index (χ2n) is 6.44. The van der Waals surface area contributed by atoms with Crippen LogP contribution in [-0.4, -0.2) is 28.0 Å². The fourth-order valence-electron chi connectivity index (χ4n) is 2.99. The fourth-order valence-corrected chi connectivity index (χ4v) is 2.99. The van der Waals surface area contributed by atoms with Crippen molar-refractivity contribution in [2.24, 2.45) is 0 Å². The van der Waals surface area contributed by atoms with Gasteiger partial charge in [-0.25, -0.2) is 0 Å². The third-order valence-electron chi connectivity index (χ3n) is 4.25. The highest BCUT2D eigenvalue weighted by molar-refractivity contribution is 5.00. The van der Waals surface area contributed by atoms with Crippen molar-refractivity contribution in [3.8, 4) is 0 Å². The lowest BCUT2D eigenvalue weighted by molar-refractivity contribution is -0.0631. The largest absolute Gasteiger partial charge is 0.375 e. The molecule has 1 aromatic rings. The SMILES string of the molecule is CCC(CC)n1ccc(CNC2CCOC(C)(C)C2)n1. The Morgan fingerprint density at radius 2 is 2.20 bits per heavy atom. The number of nitrogens with one attached hydrogen (secondary N) is 1. The minimum atomic E-state index is 0.00476. The maximum absolute atomic E-state index is 5.75. The van der Waals surface area contributed by atoms with E-state index in [0.717, 1.165) is 44.5 Å². The molecule has 0 amide bonds. The van der Waals surface area contributed by atoms with Crippen molar-refractivity contribution in [3.05, 3.63) is 18.0 Å². The van der Waals surface area contributed by atoms with Gasteiger partial charge in [0.15, 0.2) is 0 Å². The number of ether oxygens (including phenoxy) is 1. The summed E-state index contributed by atoms with van der Waals surface area (Å²) in [6.45, 7) is 10.5. The Labute approximate surface area is 122 Å². The molecule has 1 fully saturated rings. The molecule has 1 aliphatic heterocycles. The number of aromatic nitrogens is 2. The van der Waals surface area contributed by atoms with Gasteiger partial charge in [0.1, 0.15) is 0 Å². The van der Waals surface area contributed by atoms with E-state index in [9.17, 15) is 0 Å². The molecule has 0 radical (unpaired) electrons. The summed E-state index contributed by atoms with van der Waals surface area (Å²) >= 11 is 0. The first kappa shape index (κ1) is 15.5. The van der Waals surface area contributed by atoms with Crippen molar-refractivity contribution in [1.29, 1.82) is 0 Å². The monoisotopic (exact) mass is 279 g/mol. The van der Waals surface area contributed by atoms with Gasteiger partial charge in [0, 0.05) is 25.4 Å². The Bertz CT molecular complexity index is 410. The molecule has 0 aliphatic carbocycles. The van der Waals surface area contributed by atoms with Crippen LogP contribution in [0.4, 0.5) is 0 Å². The van der Waals surface area contributed by atoms with Gasteiger partial charge in [-0.3, -0.25) is 4.68 Å². The van der Waals surface area contributed by atoms with E-state index in [0.29, 0.717) is 12.1 Å². The second kappa shape index (κ2) is 6.72. The zero-order valence-corrected chi connectivity index (χ0v) is 13.4. The number of nitrogens with zero attached hydrogens (tertiary/aromatic N) is 2. The average Bonchev–Trinajstić information content (AvgIpc) is 2.86. The molecule has 1 aliphatic rings. The quantitative estimate of drug-likeness (QED) is 0.868. The molecular weight excluding hydrogens is 250 g/mol. The predicted octanol–water partition coefficient (Wildman–Crippen LogP) is 3.29. The number of hydrogen-bond acceptors (Lipinski definition) is 3. The van der Waals surface area contributed by atoms with Gasteiger partial charge in [0.2, 0.25) is 0 Å².